The molecule has 0 N–H and O–H groups in total. The summed E-state index contributed by atoms with van der Waals surface area (Å²) in [5.74, 6) is 0. The second-order valence-electron chi connectivity index (χ2n) is 5.12. The number of fused-ring (bicyclic) bond motifs is 1. The SMILES string of the molecule is CC(C)(C)OC(=O)N1CCc2c(Br)cccc21. The summed E-state index contributed by atoms with van der Waals surface area (Å²) >= 11 is 3.51. The monoisotopic (exact) mass is 297 g/mol. The van der Waals surface area contributed by atoms with Crippen LogP contribution in [0.25, 0.3) is 0 Å². The van der Waals surface area contributed by atoms with Crippen LogP contribution >= 0.6 is 15.9 Å². The van der Waals surface area contributed by atoms with E-state index < -0.39 is 5.60 Å². The summed E-state index contributed by atoms with van der Waals surface area (Å²) in [7, 11) is 0. The van der Waals surface area contributed by atoms with E-state index in [0.717, 1.165) is 16.6 Å². The van der Waals surface area contributed by atoms with Crippen molar-refractivity contribution >= 4 is 27.7 Å². The molecule has 92 valence electrons. The third kappa shape index (κ3) is 2.63. The van der Waals surface area contributed by atoms with E-state index in [-0.39, 0.29) is 6.09 Å². The minimum absolute atomic E-state index is 0.269. The lowest BCUT2D eigenvalue weighted by Crippen LogP contribution is -2.35. The normalized spacial score (nSPS) is 14.7. The number of carbonyl (C=O) groups excluding carboxylic acids is 1. The quantitative estimate of drug-likeness (QED) is 0.730. The van der Waals surface area contributed by atoms with Crippen LogP contribution in [0.3, 0.4) is 0 Å². The van der Waals surface area contributed by atoms with E-state index in [9.17, 15) is 4.79 Å². The highest BCUT2D eigenvalue weighted by Gasteiger charge is 2.29. The van der Waals surface area contributed by atoms with Crippen molar-refractivity contribution in [3.63, 3.8) is 0 Å². The van der Waals surface area contributed by atoms with Crippen LogP contribution in [0.2, 0.25) is 0 Å². The molecule has 0 bridgehead atoms. The topological polar surface area (TPSA) is 29.5 Å². The molecule has 0 fully saturated rings. The Morgan fingerprint density at radius 2 is 2.12 bits per heavy atom. The summed E-state index contributed by atoms with van der Waals surface area (Å²) in [6.45, 7) is 6.32. The van der Waals surface area contributed by atoms with Gasteiger partial charge in [0, 0.05) is 11.0 Å². The number of carbonyl (C=O) groups is 1. The smallest absolute Gasteiger partial charge is 0.414 e. The maximum absolute atomic E-state index is 12.0. The van der Waals surface area contributed by atoms with Crippen molar-refractivity contribution in [2.24, 2.45) is 0 Å². The molecule has 0 saturated carbocycles. The van der Waals surface area contributed by atoms with Gasteiger partial charge in [-0.1, -0.05) is 22.0 Å². The lowest BCUT2D eigenvalue weighted by Gasteiger charge is -2.24. The number of rotatable bonds is 0. The zero-order valence-corrected chi connectivity index (χ0v) is 11.9. The minimum Gasteiger partial charge on any atom is -0.443 e. The summed E-state index contributed by atoms with van der Waals surface area (Å²) in [6, 6.07) is 5.89. The predicted molar refractivity (Wildman–Crippen MR) is 71.4 cm³/mol. The van der Waals surface area contributed by atoms with Crippen molar-refractivity contribution in [1.29, 1.82) is 0 Å². The largest absolute Gasteiger partial charge is 0.443 e. The van der Waals surface area contributed by atoms with Gasteiger partial charge in [0.2, 0.25) is 0 Å². The van der Waals surface area contributed by atoms with Gasteiger partial charge in [-0.05, 0) is 44.9 Å². The van der Waals surface area contributed by atoms with Crippen LogP contribution in [0.15, 0.2) is 22.7 Å². The summed E-state index contributed by atoms with van der Waals surface area (Å²) in [5.41, 5.74) is 1.68. The van der Waals surface area contributed by atoms with Crippen molar-refractivity contribution in [1.82, 2.24) is 0 Å². The summed E-state index contributed by atoms with van der Waals surface area (Å²) in [6.07, 6.45) is 0.602. The molecule has 17 heavy (non-hydrogen) atoms. The molecule has 0 atom stereocenters. The van der Waals surface area contributed by atoms with Crippen molar-refractivity contribution in [2.45, 2.75) is 32.8 Å². The van der Waals surface area contributed by atoms with Gasteiger partial charge >= 0.3 is 6.09 Å². The Bertz CT molecular complexity index is 451. The Labute approximate surface area is 110 Å². The molecule has 3 nitrogen and oxygen atoms in total. The number of halogens is 1. The number of amides is 1. The fourth-order valence-electron chi connectivity index (χ4n) is 1.90. The van der Waals surface area contributed by atoms with Crippen molar-refractivity contribution < 1.29 is 9.53 Å². The maximum atomic E-state index is 12.0. The first-order chi connectivity index (χ1) is 7.88. The van der Waals surface area contributed by atoms with Gasteiger partial charge in [-0.3, -0.25) is 4.90 Å². The molecule has 1 aromatic carbocycles. The van der Waals surface area contributed by atoms with Gasteiger partial charge in [-0.2, -0.15) is 0 Å². The van der Waals surface area contributed by atoms with Crippen LogP contribution in [0.4, 0.5) is 10.5 Å². The number of hydrogen-bond donors (Lipinski definition) is 0. The summed E-state index contributed by atoms with van der Waals surface area (Å²) in [5, 5.41) is 0. The van der Waals surface area contributed by atoms with Crippen LogP contribution in [0.1, 0.15) is 26.3 Å². The number of ether oxygens (including phenoxy) is 1. The number of hydrogen-bond acceptors (Lipinski definition) is 2. The second kappa shape index (κ2) is 4.33. The first kappa shape index (κ1) is 12.4. The first-order valence-electron chi connectivity index (χ1n) is 5.66. The second-order valence-corrected chi connectivity index (χ2v) is 5.97. The van der Waals surface area contributed by atoms with Gasteiger partial charge in [0.1, 0.15) is 5.60 Å². The highest BCUT2D eigenvalue weighted by Crippen LogP contribution is 2.34. The highest BCUT2D eigenvalue weighted by molar-refractivity contribution is 9.10. The van der Waals surface area contributed by atoms with E-state index in [2.05, 4.69) is 15.9 Å². The molecule has 2 rings (SSSR count). The molecule has 1 aromatic rings. The van der Waals surface area contributed by atoms with E-state index in [1.54, 1.807) is 4.90 Å². The summed E-state index contributed by atoms with van der Waals surface area (Å²) in [4.78, 5) is 13.7. The molecule has 1 aliphatic heterocycles. The molecule has 0 aromatic heterocycles. The number of benzene rings is 1. The Hall–Kier alpha value is -1.03. The van der Waals surface area contributed by atoms with Crippen molar-refractivity contribution in [2.75, 3.05) is 11.4 Å². The molecule has 0 unspecified atom stereocenters. The van der Waals surface area contributed by atoms with Crippen molar-refractivity contribution in [3.8, 4) is 0 Å². The van der Waals surface area contributed by atoms with Crippen molar-refractivity contribution in [3.05, 3.63) is 28.2 Å². The molecule has 1 aliphatic rings. The fourth-order valence-corrected chi connectivity index (χ4v) is 2.45. The lowest BCUT2D eigenvalue weighted by molar-refractivity contribution is 0.0584. The predicted octanol–water partition coefficient (Wildman–Crippen LogP) is 3.75. The molecule has 0 spiro atoms. The van der Waals surface area contributed by atoms with E-state index >= 15 is 0 Å². The van der Waals surface area contributed by atoms with Crippen LogP contribution in [0, 0.1) is 0 Å². The Balaban J connectivity index is 2.23. The summed E-state index contributed by atoms with van der Waals surface area (Å²) < 4.78 is 6.45. The van der Waals surface area contributed by atoms with Crippen LogP contribution < -0.4 is 4.90 Å². The molecule has 0 radical (unpaired) electrons. The Kier molecular flexibility index (Phi) is 3.17. The minimum atomic E-state index is -0.453. The van der Waals surface area contributed by atoms with Crippen LogP contribution in [-0.4, -0.2) is 18.2 Å². The average molecular weight is 298 g/mol. The van der Waals surface area contributed by atoms with Gasteiger partial charge < -0.3 is 4.74 Å². The number of anilines is 1. The Morgan fingerprint density at radius 1 is 1.41 bits per heavy atom. The van der Waals surface area contributed by atoms with E-state index in [1.165, 1.54) is 5.56 Å². The van der Waals surface area contributed by atoms with E-state index in [4.69, 9.17) is 4.74 Å². The maximum Gasteiger partial charge on any atom is 0.414 e. The number of nitrogens with zero attached hydrogens (tertiary/aromatic N) is 1. The van der Waals surface area contributed by atoms with Crippen LogP contribution in [-0.2, 0) is 11.2 Å². The van der Waals surface area contributed by atoms with Gasteiger partial charge in [-0.15, -0.1) is 0 Å². The van der Waals surface area contributed by atoms with Gasteiger partial charge in [0.25, 0.3) is 0 Å². The van der Waals surface area contributed by atoms with Gasteiger partial charge in [0.15, 0.2) is 0 Å². The first-order valence-corrected chi connectivity index (χ1v) is 6.46. The molecule has 1 amide bonds. The zero-order valence-electron chi connectivity index (χ0n) is 10.3. The third-order valence-corrected chi connectivity index (χ3v) is 3.33. The molecular weight excluding hydrogens is 282 g/mol. The third-order valence-electron chi connectivity index (χ3n) is 2.58. The Morgan fingerprint density at radius 3 is 2.76 bits per heavy atom. The fraction of sp³-hybridized carbons (Fsp3) is 0.462. The molecule has 0 aliphatic carbocycles. The van der Waals surface area contributed by atoms with Gasteiger partial charge in [0.05, 0.1) is 5.69 Å². The van der Waals surface area contributed by atoms with Gasteiger partial charge in [-0.25, -0.2) is 4.79 Å². The molecule has 1 heterocycles. The van der Waals surface area contributed by atoms with Crippen LogP contribution in [0.5, 0.6) is 0 Å². The zero-order chi connectivity index (χ0) is 12.6. The standard InChI is InChI=1S/C13H16BrNO2/c1-13(2,3)17-12(16)15-8-7-9-10(14)5-4-6-11(9)15/h4-6H,7-8H2,1-3H3. The molecule has 4 heteroatoms. The average Bonchev–Trinajstić information content (AvgIpc) is 2.60. The van der Waals surface area contributed by atoms with E-state index in [1.807, 2.05) is 39.0 Å². The highest BCUT2D eigenvalue weighted by atomic mass is 79.9. The molecular formula is C13H16BrNO2. The lowest BCUT2D eigenvalue weighted by atomic mass is 10.2. The van der Waals surface area contributed by atoms with E-state index in [0.29, 0.717) is 6.54 Å². The molecule has 0 saturated heterocycles.